The number of aromatic nitrogens is 1. The van der Waals surface area contributed by atoms with Gasteiger partial charge in [0.2, 0.25) is 6.79 Å². The first kappa shape index (κ1) is 20.8. The van der Waals surface area contributed by atoms with E-state index in [-0.39, 0.29) is 24.7 Å². The van der Waals surface area contributed by atoms with Crippen LogP contribution in [0.25, 0.3) is 5.76 Å². The summed E-state index contributed by atoms with van der Waals surface area (Å²) in [4.78, 5) is 32.0. The van der Waals surface area contributed by atoms with Crippen molar-refractivity contribution in [2.24, 2.45) is 0 Å². The quantitative estimate of drug-likeness (QED) is 0.373. The molecule has 1 atom stereocenters. The largest absolute Gasteiger partial charge is 0.507 e. The van der Waals surface area contributed by atoms with Gasteiger partial charge in [0.25, 0.3) is 11.7 Å². The van der Waals surface area contributed by atoms with Gasteiger partial charge in [-0.25, -0.2) is 0 Å². The summed E-state index contributed by atoms with van der Waals surface area (Å²) in [5.74, 6) is -0.592. The van der Waals surface area contributed by atoms with Crippen LogP contribution in [0.1, 0.15) is 33.9 Å². The zero-order valence-electron chi connectivity index (χ0n) is 18.2. The van der Waals surface area contributed by atoms with Gasteiger partial charge >= 0.3 is 0 Å². The topological polar surface area (TPSA) is 89.0 Å². The highest BCUT2D eigenvalue weighted by molar-refractivity contribution is 6.46. The van der Waals surface area contributed by atoms with E-state index in [9.17, 15) is 14.7 Å². The van der Waals surface area contributed by atoms with Crippen molar-refractivity contribution in [2.45, 2.75) is 26.4 Å². The van der Waals surface area contributed by atoms with Crippen molar-refractivity contribution in [3.05, 3.63) is 94.3 Å². The lowest BCUT2D eigenvalue weighted by molar-refractivity contribution is -0.140. The molecule has 7 heteroatoms. The van der Waals surface area contributed by atoms with Crippen molar-refractivity contribution in [1.29, 1.82) is 0 Å². The molecule has 0 bridgehead atoms. The predicted molar refractivity (Wildman–Crippen MR) is 121 cm³/mol. The number of aliphatic hydroxyl groups is 1. The average Bonchev–Trinajstić information content (AvgIpc) is 3.39. The first-order valence-corrected chi connectivity index (χ1v) is 10.6. The standard InChI is InChI=1S/C26H22N2O5/c1-15-3-4-16(2)19(11-15)13-28-23(17-7-9-27-10-8-17)22(25(30)26(28)31)24(29)18-5-6-20-21(12-18)33-14-32-20/h3-12,23,29H,13-14H2,1-2H3/b24-22-. The van der Waals surface area contributed by atoms with E-state index in [2.05, 4.69) is 4.98 Å². The molecule has 0 aliphatic carbocycles. The van der Waals surface area contributed by atoms with Crippen molar-refractivity contribution < 1.29 is 24.2 Å². The Balaban J connectivity index is 1.64. The number of fused-ring (bicyclic) bond motifs is 1. The Labute approximate surface area is 190 Å². The van der Waals surface area contributed by atoms with Crippen LogP contribution in [0.15, 0.2) is 66.5 Å². The number of carbonyl (C=O) groups excluding carboxylic acids is 2. The lowest BCUT2D eigenvalue weighted by atomic mass is 9.95. The zero-order valence-corrected chi connectivity index (χ0v) is 18.2. The first-order chi connectivity index (χ1) is 15.9. The van der Waals surface area contributed by atoms with E-state index in [1.807, 2.05) is 32.0 Å². The van der Waals surface area contributed by atoms with Gasteiger partial charge in [0.05, 0.1) is 11.6 Å². The van der Waals surface area contributed by atoms with Crippen LogP contribution in [-0.2, 0) is 16.1 Å². The van der Waals surface area contributed by atoms with E-state index in [0.29, 0.717) is 22.6 Å². The summed E-state index contributed by atoms with van der Waals surface area (Å²) in [7, 11) is 0. The van der Waals surface area contributed by atoms with E-state index in [1.165, 1.54) is 4.90 Å². The number of aryl methyl sites for hydroxylation is 2. The van der Waals surface area contributed by atoms with Crippen LogP contribution >= 0.6 is 0 Å². The molecule has 1 aromatic heterocycles. The lowest BCUT2D eigenvalue weighted by Crippen LogP contribution is -2.29. The van der Waals surface area contributed by atoms with E-state index >= 15 is 0 Å². The average molecular weight is 442 g/mol. The number of rotatable bonds is 4. The second-order valence-corrected chi connectivity index (χ2v) is 8.21. The molecule has 0 saturated carbocycles. The first-order valence-electron chi connectivity index (χ1n) is 10.6. The summed E-state index contributed by atoms with van der Waals surface area (Å²) in [5, 5.41) is 11.2. The molecule has 2 aliphatic heterocycles. The van der Waals surface area contributed by atoms with Crippen LogP contribution < -0.4 is 9.47 Å². The fourth-order valence-corrected chi connectivity index (χ4v) is 4.29. The van der Waals surface area contributed by atoms with Crippen molar-refractivity contribution in [2.75, 3.05) is 6.79 Å². The van der Waals surface area contributed by atoms with Gasteiger partial charge in [-0.1, -0.05) is 23.8 Å². The predicted octanol–water partition coefficient (Wildman–Crippen LogP) is 4.05. The number of Topliss-reactive ketones (excluding diaryl/α,β-unsaturated/α-hetero) is 1. The molecule has 0 spiro atoms. The Bertz CT molecular complexity index is 1300. The Morgan fingerprint density at radius 2 is 1.79 bits per heavy atom. The number of hydrogen-bond acceptors (Lipinski definition) is 6. The molecule has 1 saturated heterocycles. The summed E-state index contributed by atoms with van der Waals surface area (Å²) in [5.41, 5.74) is 4.13. The third-order valence-corrected chi connectivity index (χ3v) is 6.05. The molecule has 0 radical (unpaired) electrons. The number of ketones is 1. The van der Waals surface area contributed by atoms with Gasteiger partial charge in [-0.2, -0.15) is 0 Å². The summed E-state index contributed by atoms with van der Waals surface area (Å²) < 4.78 is 10.7. The Morgan fingerprint density at radius 1 is 1.03 bits per heavy atom. The number of pyridine rings is 1. The fourth-order valence-electron chi connectivity index (χ4n) is 4.29. The molecule has 2 aromatic carbocycles. The van der Waals surface area contributed by atoms with Crippen molar-refractivity contribution in [3.63, 3.8) is 0 Å². The van der Waals surface area contributed by atoms with Gasteiger partial charge in [0, 0.05) is 24.5 Å². The van der Waals surface area contributed by atoms with Crippen LogP contribution in [-0.4, -0.2) is 33.5 Å². The molecule has 3 aromatic rings. The monoisotopic (exact) mass is 442 g/mol. The summed E-state index contributed by atoms with van der Waals surface area (Å²) in [6, 6.07) is 13.7. The highest BCUT2D eigenvalue weighted by atomic mass is 16.7. The number of carbonyl (C=O) groups is 2. The zero-order chi connectivity index (χ0) is 23.1. The molecule has 33 heavy (non-hydrogen) atoms. The SMILES string of the molecule is Cc1ccc(C)c(CN2C(=O)C(=O)/C(=C(\O)c3ccc4c(c3)OCO4)C2c2ccncc2)c1. The molecule has 1 N–H and O–H groups in total. The second kappa shape index (κ2) is 8.09. The minimum Gasteiger partial charge on any atom is -0.507 e. The van der Waals surface area contributed by atoms with E-state index < -0.39 is 17.7 Å². The van der Waals surface area contributed by atoms with Crippen molar-refractivity contribution in [1.82, 2.24) is 9.88 Å². The van der Waals surface area contributed by atoms with E-state index in [1.54, 1.807) is 42.7 Å². The highest BCUT2D eigenvalue weighted by Crippen LogP contribution is 2.42. The van der Waals surface area contributed by atoms with E-state index in [0.717, 1.165) is 16.7 Å². The molecule has 1 unspecified atom stereocenters. The van der Waals surface area contributed by atoms with Gasteiger partial charge in [-0.15, -0.1) is 0 Å². The van der Waals surface area contributed by atoms with Crippen LogP contribution in [0.4, 0.5) is 0 Å². The third-order valence-electron chi connectivity index (χ3n) is 6.05. The number of ether oxygens (including phenoxy) is 2. The third kappa shape index (κ3) is 3.61. The summed E-state index contributed by atoms with van der Waals surface area (Å²) >= 11 is 0. The van der Waals surface area contributed by atoms with Crippen LogP contribution in [0.5, 0.6) is 11.5 Å². The van der Waals surface area contributed by atoms with Crippen LogP contribution in [0.2, 0.25) is 0 Å². The maximum Gasteiger partial charge on any atom is 0.295 e. The van der Waals surface area contributed by atoms with E-state index in [4.69, 9.17) is 9.47 Å². The minimum absolute atomic E-state index is 0.0374. The highest BCUT2D eigenvalue weighted by Gasteiger charge is 2.46. The van der Waals surface area contributed by atoms with Gasteiger partial charge in [-0.3, -0.25) is 14.6 Å². The Hall–Kier alpha value is -4.13. The molecule has 5 rings (SSSR count). The second-order valence-electron chi connectivity index (χ2n) is 8.21. The normalized spacial score (nSPS) is 18.7. The fraction of sp³-hybridized carbons (Fsp3) is 0.192. The molecule has 2 aliphatic rings. The molecule has 7 nitrogen and oxygen atoms in total. The van der Waals surface area contributed by atoms with Gasteiger partial charge in [0.1, 0.15) is 5.76 Å². The number of amides is 1. The van der Waals surface area contributed by atoms with Crippen LogP contribution in [0, 0.1) is 13.8 Å². The number of aliphatic hydroxyl groups excluding tert-OH is 1. The summed E-state index contributed by atoms with van der Waals surface area (Å²) in [6.45, 7) is 4.29. The maximum atomic E-state index is 13.2. The molecular formula is C26H22N2O5. The van der Waals surface area contributed by atoms with Gasteiger partial charge in [-0.05, 0) is 60.9 Å². The number of nitrogens with zero attached hydrogens (tertiary/aromatic N) is 2. The maximum absolute atomic E-state index is 13.2. The lowest BCUT2D eigenvalue weighted by Gasteiger charge is -2.26. The Morgan fingerprint density at radius 3 is 2.58 bits per heavy atom. The molecular weight excluding hydrogens is 420 g/mol. The van der Waals surface area contributed by atoms with Gasteiger partial charge < -0.3 is 19.5 Å². The molecule has 166 valence electrons. The Kier molecular flexibility index (Phi) is 5.09. The number of benzene rings is 2. The van der Waals surface area contributed by atoms with Crippen molar-refractivity contribution >= 4 is 17.4 Å². The smallest absolute Gasteiger partial charge is 0.295 e. The van der Waals surface area contributed by atoms with Crippen molar-refractivity contribution in [3.8, 4) is 11.5 Å². The molecule has 1 fully saturated rings. The molecule has 3 heterocycles. The van der Waals surface area contributed by atoms with Gasteiger partial charge in [0.15, 0.2) is 11.5 Å². The summed E-state index contributed by atoms with van der Waals surface area (Å²) in [6.07, 6.45) is 3.21. The van der Waals surface area contributed by atoms with Crippen LogP contribution in [0.3, 0.4) is 0 Å². The minimum atomic E-state index is -0.752. The molecule has 1 amide bonds. The number of likely N-dealkylation sites (tertiary alicyclic amines) is 1. The number of hydrogen-bond donors (Lipinski definition) is 1.